The second kappa shape index (κ2) is 4.56. The molecule has 0 saturated heterocycles. The van der Waals surface area contributed by atoms with Gasteiger partial charge in [-0.2, -0.15) is 5.26 Å². The Balaban J connectivity index is 2.34. The molecule has 1 heterocycles. The number of rotatable bonds is 2. The van der Waals surface area contributed by atoms with Gasteiger partial charge >= 0.3 is 0 Å². The van der Waals surface area contributed by atoms with Gasteiger partial charge in [-0.1, -0.05) is 23.2 Å². The van der Waals surface area contributed by atoms with Crippen molar-refractivity contribution in [1.29, 1.82) is 5.26 Å². The van der Waals surface area contributed by atoms with Crippen LogP contribution < -0.4 is 0 Å². The van der Waals surface area contributed by atoms with Crippen LogP contribution >= 0.6 is 23.2 Å². The molecule has 2 aromatic rings. The molecular weight excluding hydrogens is 245 g/mol. The summed E-state index contributed by atoms with van der Waals surface area (Å²) in [6.07, 6.45) is 3.31. The molecule has 0 spiro atoms. The molecule has 0 saturated carbocycles. The van der Waals surface area contributed by atoms with E-state index < -0.39 is 0 Å². The molecule has 1 aromatic heterocycles. The molecule has 0 fully saturated rings. The highest BCUT2D eigenvalue weighted by atomic mass is 35.5. The summed E-state index contributed by atoms with van der Waals surface area (Å²) in [6, 6.07) is 7.26. The van der Waals surface area contributed by atoms with Gasteiger partial charge in [0.15, 0.2) is 0 Å². The maximum absolute atomic E-state index is 8.82. The summed E-state index contributed by atoms with van der Waals surface area (Å²) in [4.78, 5) is 3.91. The lowest BCUT2D eigenvalue weighted by molar-refractivity contribution is 0.782. The van der Waals surface area contributed by atoms with E-state index in [-0.39, 0.29) is 0 Å². The molecule has 0 aliphatic rings. The van der Waals surface area contributed by atoms with Crippen LogP contribution in [0.3, 0.4) is 0 Å². The Hall–Kier alpha value is -1.50. The van der Waals surface area contributed by atoms with Crippen molar-refractivity contribution in [1.82, 2.24) is 9.55 Å². The Morgan fingerprint density at radius 2 is 2.19 bits per heavy atom. The molecule has 16 heavy (non-hydrogen) atoms. The van der Waals surface area contributed by atoms with E-state index in [9.17, 15) is 0 Å². The van der Waals surface area contributed by atoms with E-state index >= 15 is 0 Å². The molecule has 0 amide bonds. The van der Waals surface area contributed by atoms with Crippen LogP contribution in [0.2, 0.25) is 10.0 Å². The van der Waals surface area contributed by atoms with E-state index in [4.69, 9.17) is 28.5 Å². The van der Waals surface area contributed by atoms with Crippen molar-refractivity contribution in [2.24, 2.45) is 0 Å². The monoisotopic (exact) mass is 251 g/mol. The minimum absolute atomic E-state index is 0.357. The summed E-state index contributed by atoms with van der Waals surface area (Å²) in [5.41, 5.74) is 0.865. The van der Waals surface area contributed by atoms with Crippen molar-refractivity contribution in [2.45, 2.75) is 6.54 Å². The van der Waals surface area contributed by atoms with E-state index in [0.717, 1.165) is 5.56 Å². The highest BCUT2D eigenvalue weighted by Crippen LogP contribution is 2.21. The maximum atomic E-state index is 8.82. The van der Waals surface area contributed by atoms with Gasteiger partial charge in [0.25, 0.3) is 0 Å². The minimum Gasteiger partial charge on any atom is -0.318 e. The molecule has 1 aromatic carbocycles. The van der Waals surface area contributed by atoms with Crippen LogP contribution in [-0.2, 0) is 6.54 Å². The zero-order valence-electron chi connectivity index (χ0n) is 8.19. The van der Waals surface area contributed by atoms with E-state index in [1.54, 1.807) is 35.2 Å². The van der Waals surface area contributed by atoms with Gasteiger partial charge in [-0.25, -0.2) is 4.98 Å². The molecule has 0 bridgehead atoms. The van der Waals surface area contributed by atoms with Crippen LogP contribution in [0.1, 0.15) is 11.4 Å². The van der Waals surface area contributed by atoms with Crippen LogP contribution in [0.25, 0.3) is 0 Å². The summed E-state index contributed by atoms with van der Waals surface area (Å²) >= 11 is 11.9. The van der Waals surface area contributed by atoms with Gasteiger partial charge in [0.1, 0.15) is 6.07 Å². The Morgan fingerprint density at radius 1 is 1.38 bits per heavy atom. The molecule has 0 aliphatic carbocycles. The van der Waals surface area contributed by atoms with Gasteiger partial charge in [-0.15, -0.1) is 0 Å². The Labute approximate surface area is 103 Å². The number of benzene rings is 1. The molecule has 0 aliphatic heterocycles. The predicted octanol–water partition coefficient (Wildman–Crippen LogP) is 3.11. The van der Waals surface area contributed by atoms with Crippen molar-refractivity contribution in [2.75, 3.05) is 0 Å². The number of nitrogens with zero attached hydrogens (tertiary/aromatic N) is 3. The fourth-order valence-corrected chi connectivity index (χ4v) is 1.77. The average Bonchev–Trinajstić information content (AvgIpc) is 2.71. The third-order valence-corrected chi connectivity index (χ3v) is 2.77. The topological polar surface area (TPSA) is 41.6 Å². The lowest BCUT2D eigenvalue weighted by Gasteiger charge is -2.06. The Kier molecular flexibility index (Phi) is 3.14. The average molecular weight is 252 g/mol. The SMILES string of the molecule is N#Cc1nccn1Cc1cc(Cl)ccc1Cl. The molecule has 0 radical (unpaired) electrons. The number of halogens is 2. The lowest BCUT2D eigenvalue weighted by Crippen LogP contribution is -2.02. The Bertz CT molecular complexity index is 555. The van der Waals surface area contributed by atoms with Crippen LogP contribution in [-0.4, -0.2) is 9.55 Å². The van der Waals surface area contributed by atoms with Crippen LogP contribution in [0.4, 0.5) is 0 Å². The van der Waals surface area contributed by atoms with Gasteiger partial charge in [0, 0.05) is 22.4 Å². The summed E-state index contributed by atoms with van der Waals surface area (Å²) in [6.45, 7) is 0.488. The van der Waals surface area contributed by atoms with Crippen LogP contribution in [0, 0.1) is 11.3 Å². The van der Waals surface area contributed by atoms with E-state index in [1.165, 1.54) is 0 Å². The number of hydrogen-bond donors (Lipinski definition) is 0. The first-order chi connectivity index (χ1) is 7.70. The number of aromatic nitrogens is 2. The fraction of sp³-hybridized carbons (Fsp3) is 0.0909. The van der Waals surface area contributed by atoms with Crippen molar-refractivity contribution >= 4 is 23.2 Å². The molecule has 0 atom stereocenters. The van der Waals surface area contributed by atoms with E-state index in [0.29, 0.717) is 22.4 Å². The van der Waals surface area contributed by atoms with Crippen molar-refractivity contribution < 1.29 is 0 Å². The lowest BCUT2D eigenvalue weighted by atomic mass is 10.2. The third kappa shape index (κ3) is 2.19. The molecule has 80 valence electrons. The Morgan fingerprint density at radius 3 is 2.94 bits per heavy atom. The van der Waals surface area contributed by atoms with Gasteiger partial charge in [-0.05, 0) is 23.8 Å². The van der Waals surface area contributed by atoms with Gasteiger partial charge in [0.2, 0.25) is 5.82 Å². The first-order valence-corrected chi connectivity index (χ1v) is 5.31. The molecule has 2 rings (SSSR count). The second-order valence-electron chi connectivity index (χ2n) is 3.23. The van der Waals surface area contributed by atoms with E-state index in [2.05, 4.69) is 4.98 Å². The van der Waals surface area contributed by atoms with Gasteiger partial charge < -0.3 is 4.57 Å². The summed E-state index contributed by atoms with van der Waals surface area (Å²) in [7, 11) is 0. The van der Waals surface area contributed by atoms with Crippen molar-refractivity contribution in [3.63, 3.8) is 0 Å². The number of nitriles is 1. The molecule has 0 N–H and O–H groups in total. The second-order valence-corrected chi connectivity index (χ2v) is 4.07. The largest absolute Gasteiger partial charge is 0.318 e. The predicted molar refractivity (Wildman–Crippen MR) is 62.5 cm³/mol. The normalized spacial score (nSPS) is 10.1. The van der Waals surface area contributed by atoms with Crippen molar-refractivity contribution in [3.8, 4) is 6.07 Å². The van der Waals surface area contributed by atoms with Crippen LogP contribution in [0.15, 0.2) is 30.6 Å². The zero-order chi connectivity index (χ0) is 11.5. The third-order valence-electron chi connectivity index (χ3n) is 2.16. The van der Waals surface area contributed by atoms with E-state index in [1.807, 2.05) is 6.07 Å². The highest BCUT2D eigenvalue weighted by molar-refractivity contribution is 6.33. The smallest absolute Gasteiger partial charge is 0.213 e. The summed E-state index contributed by atoms with van der Waals surface area (Å²) in [5, 5.41) is 10.1. The number of imidazole rings is 1. The quantitative estimate of drug-likeness (QED) is 0.823. The van der Waals surface area contributed by atoms with Gasteiger partial charge in [0.05, 0.1) is 6.54 Å². The fourth-order valence-electron chi connectivity index (χ4n) is 1.40. The standard InChI is InChI=1S/C11H7Cl2N3/c12-9-1-2-10(13)8(5-9)7-16-4-3-15-11(16)6-14/h1-5H,7H2. The first-order valence-electron chi connectivity index (χ1n) is 4.56. The van der Waals surface area contributed by atoms with Crippen molar-refractivity contribution in [3.05, 3.63) is 52.0 Å². The minimum atomic E-state index is 0.357. The number of hydrogen-bond acceptors (Lipinski definition) is 2. The highest BCUT2D eigenvalue weighted by Gasteiger charge is 2.05. The maximum Gasteiger partial charge on any atom is 0.213 e. The molecular formula is C11H7Cl2N3. The summed E-state index contributed by atoms with van der Waals surface area (Å²) in [5.74, 6) is 0.357. The first kappa shape index (κ1) is 11.0. The zero-order valence-corrected chi connectivity index (χ0v) is 9.70. The van der Waals surface area contributed by atoms with Crippen LogP contribution in [0.5, 0.6) is 0 Å². The molecule has 5 heteroatoms. The van der Waals surface area contributed by atoms with Gasteiger partial charge in [-0.3, -0.25) is 0 Å². The molecule has 0 unspecified atom stereocenters. The molecule has 3 nitrogen and oxygen atoms in total. The summed E-state index contributed by atoms with van der Waals surface area (Å²) < 4.78 is 1.72.